The summed E-state index contributed by atoms with van der Waals surface area (Å²) in [5, 5.41) is 14.7. The van der Waals surface area contributed by atoms with E-state index in [2.05, 4.69) is 79.3 Å². The molecule has 37 heavy (non-hydrogen) atoms. The zero-order valence-electron chi connectivity index (χ0n) is 23.1. The fourth-order valence-corrected chi connectivity index (χ4v) is 6.39. The van der Waals surface area contributed by atoms with E-state index in [0.29, 0.717) is 11.3 Å². The van der Waals surface area contributed by atoms with Gasteiger partial charge in [0.25, 0.3) is 0 Å². The van der Waals surface area contributed by atoms with Crippen LogP contribution in [0.3, 0.4) is 0 Å². The minimum Gasteiger partial charge on any atom is -0.373 e. The molecule has 4 unspecified atom stereocenters. The van der Waals surface area contributed by atoms with Crippen LogP contribution >= 0.6 is 0 Å². The van der Waals surface area contributed by atoms with Gasteiger partial charge in [-0.15, -0.1) is 0 Å². The maximum absolute atomic E-state index is 13.2. The molecular formula is C31H38N4O2. The summed E-state index contributed by atoms with van der Waals surface area (Å²) in [4.78, 5) is 26.4. The van der Waals surface area contributed by atoms with Gasteiger partial charge in [-0.1, -0.05) is 25.2 Å². The number of carbonyl (C=O) groups is 2. The Balaban J connectivity index is 1.78. The summed E-state index contributed by atoms with van der Waals surface area (Å²) in [7, 11) is 0. The van der Waals surface area contributed by atoms with Gasteiger partial charge in [0.15, 0.2) is 11.6 Å². The molecule has 0 aromatic rings. The third-order valence-corrected chi connectivity index (χ3v) is 9.18. The Morgan fingerprint density at radius 1 is 0.676 bits per heavy atom. The van der Waals surface area contributed by atoms with E-state index in [0.717, 1.165) is 34.7 Å². The number of fused-ring (bicyclic) bond motifs is 8. The summed E-state index contributed by atoms with van der Waals surface area (Å²) >= 11 is 0. The summed E-state index contributed by atoms with van der Waals surface area (Å²) in [6.45, 7) is 15.8. The highest BCUT2D eigenvalue weighted by Crippen LogP contribution is 2.41. The highest BCUT2D eigenvalue weighted by atomic mass is 16.1. The Hall–Kier alpha value is -3.54. The molecular weight excluding hydrogens is 460 g/mol. The quantitative estimate of drug-likeness (QED) is 0.465. The van der Waals surface area contributed by atoms with Crippen molar-refractivity contribution in [3.63, 3.8) is 0 Å². The number of Topliss-reactive ketones (excluding diaryl/α,β-unsaturated/α-hetero) is 2. The number of nitrogens with one attached hydrogen (secondary N) is 4. The van der Waals surface area contributed by atoms with Crippen LogP contribution in [0.2, 0.25) is 0 Å². The second-order valence-corrected chi connectivity index (χ2v) is 11.4. The van der Waals surface area contributed by atoms with Crippen LogP contribution in [0.5, 0.6) is 0 Å². The molecule has 0 aromatic carbocycles. The molecule has 8 bridgehead atoms. The first kappa shape index (κ1) is 25.1. The van der Waals surface area contributed by atoms with Gasteiger partial charge in [0.2, 0.25) is 0 Å². The van der Waals surface area contributed by atoms with Crippen LogP contribution in [0.1, 0.15) is 61.8 Å². The Labute approximate surface area is 220 Å². The van der Waals surface area contributed by atoms with Crippen LogP contribution < -0.4 is 21.3 Å². The summed E-state index contributed by atoms with van der Waals surface area (Å²) in [5.74, 6) is -0.0778. The van der Waals surface area contributed by atoms with Crippen LogP contribution in [0, 0.1) is 0 Å². The van der Waals surface area contributed by atoms with Crippen molar-refractivity contribution in [3.8, 4) is 0 Å². The number of ketones is 2. The fourth-order valence-electron chi connectivity index (χ4n) is 6.39. The van der Waals surface area contributed by atoms with Crippen molar-refractivity contribution < 1.29 is 9.59 Å². The molecule has 6 heteroatoms. The highest BCUT2D eigenvalue weighted by Gasteiger charge is 2.46. The van der Waals surface area contributed by atoms with Crippen molar-refractivity contribution in [3.05, 3.63) is 93.7 Å². The summed E-state index contributed by atoms with van der Waals surface area (Å²) in [6, 6.07) is 0. The van der Waals surface area contributed by atoms with E-state index in [1.54, 1.807) is 13.8 Å². The highest BCUT2D eigenvalue weighted by molar-refractivity contribution is 6.00. The first-order valence-electron chi connectivity index (χ1n) is 13.1. The number of rotatable bonds is 3. The van der Waals surface area contributed by atoms with Crippen molar-refractivity contribution in [2.75, 3.05) is 0 Å². The Kier molecular flexibility index (Phi) is 5.42. The average molecular weight is 499 g/mol. The third-order valence-electron chi connectivity index (χ3n) is 9.18. The molecule has 4 atom stereocenters. The molecule has 0 aromatic heterocycles. The van der Waals surface area contributed by atoms with E-state index in [9.17, 15) is 9.59 Å². The van der Waals surface area contributed by atoms with Gasteiger partial charge in [-0.05, 0) is 102 Å². The first-order chi connectivity index (χ1) is 17.3. The van der Waals surface area contributed by atoms with Crippen molar-refractivity contribution in [1.29, 1.82) is 0 Å². The lowest BCUT2D eigenvalue weighted by atomic mass is 9.85. The predicted molar refractivity (Wildman–Crippen MR) is 148 cm³/mol. The molecule has 5 aliphatic rings. The van der Waals surface area contributed by atoms with Gasteiger partial charge in [-0.2, -0.15) is 0 Å². The molecule has 0 aliphatic carbocycles. The molecule has 5 heterocycles. The zero-order valence-corrected chi connectivity index (χ0v) is 23.1. The second-order valence-electron chi connectivity index (χ2n) is 11.4. The molecule has 5 rings (SSSR count). The Morgan fingerprint density at radius 2 is 1.22 bits per heavy atom. The topological polar surface area (TPSA) is 82.3 Å². The standard InChI is InChI=1S/C31H38N4O2/c1-9-30-16-12-25(34-30)20(4)31(22(6)37)17-13-26(35-31)27(21(5)36)29(8)15-11-23(33-29)18(2)28(7)14-10-24(32-28)19(30)3/h10-17,32-35H,9H2,1-8H3/b23-18-,24-19-,25-20-,27-26-. The lowest BCUT2D eigenvalue weighted by molar-refractivity contribution is -0.120. The maximum atomic E-state index is 13.2. The van der Waals surface area contributed by atoms with Crippen LogP contribution in [0.15, 0.2) is 93.7 Å². The Morgan fingerprint density at radius 3 is 1.84 bits per heavy atom. The second kappa shape index (κ2) is 7.98. The smallest absolute Gasteiger partial charge is 0.163 e. The third kappa shape index (κ3) is 3.45. The number of hydrogen-bond acceptors (Lipinski definition) is 6. The minimum atomic E-state index is -1.04. The molecule has 194 valence electrons. The molecule has 0 amide bonds. The molecule has 0 fully saturated rings. The lowest BCUT2D eigenvalue weighted by Crippen LogP contribution is -2.51. The number of allylic oxidation sites excluding steroid dienone is 4. The molecule has 0 saturated heterocycles. The van der Waals surface area contributed by atoms with Gasteiger partial charge in [0, 0.05) is 28.4 Å². The number of carbonyl (C=O) groups excluding carboxylic acids is 2. The van der Waals surface area contributed by atoms with Gasteiger partial charge in [0.05, 0.1) is 16.6 Å². The molecule has 0 saturated carbocycles. The molecule has 0 radical (unpaired) electrons. The normalized spacial score (nSPS) is 43.6. The average Bonchev–Trinajstić information content (AvgIpc) is 3.63. The largest absolute Gasteiger partial charge is 0.373 e. The van der Waals surface area contributed by atoms with E-state index in [1.807, 2.05) is 32.1 Å². The van der Waals surface area contributed by atoms with E-state index in [-0.39, 0.29) is 22.6 Å². The van der Waals surface area contributed by atoms with Crippen LogP contribution in [-0.2, 0) is 9.59 Å². The maximum Gasteiger partial charge on any atom is 0.163 e. The monoisotopic (exact) mass is 498 g/mol. The fraction of sp³-hybridized carbons (Fsp3) is 0.419. The number of hydrogen-bond donors (Lipinski definition) is 4. The van der Waals surface area contributed by atoms with Gasteiger partial charge in [-0.3, -0.25) is 9.59 Å². The van der Waals surface area contributed by atoms with Crippen LogP contribution in [-0.4, -0.2) is 33.7 Å². The van der Waals surface area contributed by atoms with Gasteiger partial charge >= 0.3 is 0 Å². The summed E-state index contributed by atoms with van der Waals surface area (Å²) in [5.41, 5.74) is 4.95. The summed E-state index contributed by atoms with van der Waals surface area (Å²) in [6.07, 6.45) is 17.4. The van der Waals surface area contributed by atoms with Crippen LogP contribution in [0.4, 0.5) is 0 Å². The van der Waals surface area contributed by atoms with Gasteiger partial charge in [-0.25, -0.2) is 0 Å². The van der Waals surface area contributed by atoms with Gasteiger partial charge in [0.1, 0.15) is 5.54 Å². The van der Waals surface area contributed by atoms with Crippen molar-refractivity contribution in [1.82, 2.24) is 21.3 Å². The van der Waals surface area contributed by atoms with Crippen molar-refractivity contribution in [2.45, 2.75) is 84.0 Å². The van der Waals surface area contributed by atoms with Crippen molar-refractivity contribution in [2.24, 2.45) is 0 Å². The van der Waals surface area contributed by atoms with Crippen molar-refractivity contribution >= 4 is 11.6 Å². The summed E-state index contributed by atoms with van der Waals surface area (Å²) < 4.78 is 0. The molecule has 5 aliphatic heterocycles. The van der Waals surface area contributed by atoms with Crippen LogP contribution in [0.25, 0.3) is 0 Å². The zero-order chi connectivity index (χ0) is 27.0. The first-order valence-corrected chi connectivity index (χ1v) is 13.1. The lowest BCUT2D eigenvalue weighted by Gasteiger charge is -2.36. The molecule has 4 N–H and O–H groups in total. The predicted octanol–water partition coefficient (Wildman–Crippen LogP) is 4.30. The molecule has 6 nitrogen and oxygen atoms in total. The van der Waals surface area contributed by atoms with E-state index in [1.165, 1.54) is 5.57 Å². The Bertz CT molecular complexity index is 1380. The molecule has 0 spiro atoms. The SMILES string of the molecule is CCC12C=C/C(=C(\C)C3(C(C)=O)C=C/C(=C(\C(C)=O)C4(C)C=C/C(=C(\C)C5(C)C=C/C(=C/1C)N5)N4)N3)N2. The van der Waals surface area contributed by atoms with E-state index >= 15 is 0 Å². The van der Waals surface area contributed by atoms with Gasteiger partial charge < -0.3 is 21.3 Å². The minimum absolute atomic E-state index is 0.0280. The van der Waals surface area contributed by atoms with E-state index in [4.69, 9.17) is 0 Å². The van der Waals surface area contributed by atoms with E-state index < -0.39 is 11.1 Å².